The molecule has 1 fully saturated rings. The van der Waals surface area contributed by atoms with Crippen LogP contribution in [0, 0.1) is 0 Å². The fraction of sp³-hybridized carbons (Fsp3) is 0.368. The van der Waals surface area contributed by atoms with Crippen molar-refractivity contribution in [2.45, 2.75) is 18.1 Å². The summed E-state index contributed by atoms with van der Waals surface area (Å²) in [6.45, 7) is 0.703. The molecule has 1 aliphatic heterocycles. The number of hydrogen-bond acceptors (Lipinski definition) is 5. The van der Waals surface area contributed by atoms with Crippen molar-refractivity contribution in [3.8, 4) is 11.4 Å². The summed E-state index contributed by atoms with van der Waals surface area (Å²) in [6, 6.07) is 10.3. The van der Waals surface area contributed by atoms with E-state index in [1.165, 1.54) is 30.2 Å². The van der Waals surface area contributed by atoms with Crippen LogP contribution < -0.4 is 10.3 Å². The van der Waals surface area contributed by atoms with Gasteiger partial charge in [-0.3, -0.25) is 14.2 Å². The first-order valence-electron chi connectivity index (χ1n) is 8.65. The maximum atomic E-state index is 13.0. The molecule has 2 heterocycles. The van der Waals surface area contributed by atoms with Crippen LogP contribution in [-0.2, 0) is 9.84 Å². The minimum Gasteiger partial charge on any atom is -0.496 e. The van der Waals surface area contributed by atoms with E-state index in [0.717, 1.165) is 0 Å². The maximum absolute atomic E-state index is 13.0. The number of ether oxygens (including phenoxy) is 1. The third-order valence-corrected chi connectivity index (χ3v) is 6.52. The zero-order valence-corrected chi connectivity index (χ0v) is 16.1. The number of benzene rings is 1. The number of carbonyl (C=O) groups excluding carboxylic acids is 1. The normalized spacial score (nSPS) is 15.6. The van der Waals surface area contributed by atoms with Gasteiger partial charge in [0, 0.05) is 37.3 Å². The molecule has 0 bridgehead atoms. The highest BCUT2D eigenvalue weighted by molar-refractivity contribution is 7.91. The van der Waals surface area contributed by atoms with Crippen molar-refractivity contribution >= 4 is 15.7 Å². The van der Waals surface area contributed by atoms with Crippen molar-refractivity contribution in [1.82, 2.24) is 9.47 Å². The van der Waals surface area contributed by atoms with Crippen molar-refractivity contribution in [3.05, 3.63) is 58.5 Å². The molecule has 0 spiro atoms. The lowest BCUT2D eigenvalue weighted by Crippen LogP contribution is -2.42. The lowest BCUT2D eigenvalue weighted by molar-refractivity contribution is 0.0721. The fourth-order valence-electron chi connectivity index (χ4n) is 3.29. The number of amides is 1. The molecule has 1 aromatic carbocycles. The second-order valence-electron chi connectivity index (χ2n) is 6.62. The highest BCUT2D eigenvalue weighted by atomic mass is 32.2. The van der Waals surface area contributed by atoms with E-state index in [-0.39, 0.29) is 22.8 Å². The topological polar surface area (TPSA) is 85.7 Å². The second-order valence-corrected chi connectivity index (χ2v) is 8.95. The summed E-state index contributed by atoms with van der Waals surface area (Å²) in [4.78, 5) is 27.0. The SMILES string of the molecule is COc1cc(=O)n(-c2ccccc2)cc1C(=O)N1CCC(S(C)(=O)=O)CC1. The van der Waals surface area contributed by atoms with Crippen LogP contribution in [0.5, 0.6) is 5.75 Å². The van der Waals surface area contributed by atoms with E-state index in [0.29, 0.717) is 31.6 Å². The molecule has 0 saturated carbocycles. The molecule has 0 atom stereocenters. The number of nitrogens with zero attached hydrogens (tertiary/aromatic N) is 2. The Bertz CT molecular complexity index is 991. The Labute approximate surface area is 158 Å². The zero-order chi connectivity index (χ0) is 19.6. The summed E-state index contributed by atoms with van der Waals surface area (Å²) in [5.41, 5.74) is 0.624. The highest BCUT2D eigenvalue weighted by Gasteiger charge is 2.30. The Morgan fingerprint density at radius 2 is 1.78 bits per heavy atom. The number of pyridine rings is 1. The molecule has 0 radical (unpaired) electrons. The lowest BCUT2D eigenvalue weighted by Gasteiger charge is -2.31. The van der Waals surface area contributed by atoms with Gasteiger partial charge in [-0.25, -0.2) is 8.42 Å². The number of para-hydroxylation sites is 1. The Kier molecular flexibility index (Phi) is 5.36. The standard InChI is InChI=1S/C19H22N2O5S/c1-26-17-12-18(22)21(14-6-4-3-5-7-14)13-16(17)19(23)20-10-8-15(9-11-20)27(2,24)25/h3-7,12-13,15H,8-11H2,1-2H3. The Morgan fingerprint density at radius 3 is 2.33 bits per heavy atom. The van der Waals surface area contributed by atoms with Gasteiger partial charge in [-0.1, -0.05) is 18.2 Å². The molecule has 144 valence electrons. The van der Waals surface area contributed by atoms with Crippen LogP contribution in [0.1, 0.15) is 23.2 Å². The maximum Gasteiger partial charge on any atom is 0.259 e. The van der Waals surface area contributed by atoms with Gasteiger partial charge >= 0.3 is 0 Å². The van der Waals surface area contributed by atoms with Gasteiger partial charge < -0.3 is 9.64 Å². The second kappa shape index (κ2) is 7.56. The summed E-state index contributed by atoms with van der Waals surface area (Å²) < 4.78 is 30.1. The largest absolute Gasteiger partial charge is 0.496 e. The Hall–Kier alpha value is -2.61. The van der Waals surface area contributed by atoms with Crippen molar-refractivity contribution < 1.29 is 17.9 Å². The molecule has 3 rings (SSSR count). The number of methoxy groups -OCH3 is 1. The highest BCUT2D eigenvalue weighted by Crippen LogP contribution is 2.23. The molecule has 1 saturated heterocycles. The molecule has 7 nitrogen and oxygen atoms in total. The zero-order valence-electron chi connectivity index (χ0n) is 15.3. The predicted octanol–water partition coefficient (Wildman–Crippen LogP) is 1.50. The first-order valence-corrected chi connectivity index (χ1v) is 10.6. The van der Waals surface area contributed by atoms with Crippen LogP contribution in [0.2, 0.25) is 0 Å². The van der Waals surface area contributed by atoms with E-state index in [4.69, 9.17) is 4.74 Å². The van der Waals surface area contributed by atoms with Crippen molar-refractivity contribution in [2.75, 3.05) is 26.5 Å². The molecule has 1 aliphatic rings. The van der Waals surface area contributed by atoms with E-state index in [2.05, 4.69) is 0 Å². The molecular formula is C19H22N2O5S. The van der Waals surface area contributed by atoms with Gasteiger partial charge in [0.15, 0.2) is 0 Å². The molecule has 0 N–H and O–H groups in total. The average Bonchev–Trinajstić information content (AvgIpc) is 2.67. The number of likely N-dealkylation sites (tertiary alicyclic amines) is 1. The number of sulfone groups is 1. The monoisotopic (exact) mass is 390 g/mol. The van der Waals surface area contributed by atoms with E-state index in [9.17, 15) is 18.0 Å². The van der Waals surface area contributed by atoms with E-state index >= 15 is 0 Å². The first kappa shape index (κ1) is 19.2. The summed E-state index contributed by atoms with van der Waals surface area (Å²) in [5, 5.41) is -0.415. The van der Waals surface area contributed by atoms with Crippen LogP contribution in [0.15, 0.2) is 47.4 Å². The van der Waals surface area contributed by atoms with E-state index in [1.54, 1.807) is 17.0 Å². The van der Waals surface area contributed by atoms with Gasteiger partial charge in [0.2, 0.25) is 0 Å². The molecule has 1 aromatic heterocycles. The van der Waals surface area contributed by atoms with Crippen molar-refractivity contribution in [3.63, 3.8) is 0 Å². The van der Waals surface area contributed by atoms with Crippen LogP contribution in [0.3, 0.4) is 0 Å². The lowest BCUT2D eigenvalue weighted by atomic mass is 10.1. The summed E-state index contributed by atoms with van der Waals surface area (Å²) >= 11 is 0. The number of carbonyl (C=O) groups is 1. The van der Waals surface area contributed by atoms with Crippen LogP contribution in [-0.4, -0.2) is 55.5 Å². The minimum atomic E-state index is -3.11. The van der Waals surface area contributed by atoms with Gasteiger partial charge in [0.25, 0.3) is 11.5 Å². The Balaban J connectivity index is 1.92. The smallest absolute Gasteiger partial charge is 0.259 e. The summed E-state index contributed by atoms with van der Waals surface area (Å²) in [7, 11) is -1.70. The van der Waals surface area contributed by atoms with Gasteiger partial charge in [-0.15, -0.1) is 0 Å². The first-order chi connectivity index (χ1) is 12.8. The van der Waals surface area contributed by atoms with Crippen LogP contribution in [0.25, 0.3) is 5.69 Å². The molecule has 8 heteroatoms. The predicted molar refractivity (Wildman–Crippen MR) is 102 cm³/mol. The third kappa shape index (κ3) is 4.05. The number of rotatable bonds is 4. The van der Waals surface area contributed by atoms with Crippen LogP contribution in [0.4, 0.5) is 0 Å². The summed E-state index contributed by atoms with van der Waals surface area (Å²) in [5.74, 6) is -0.0640. The van der Waals surface area contributed by atoms with Gasteiger partial charge in [-0.05, 0) is 25.0 Å². The number of piperidine rings is 1. The fourth-order valence-corrected chi connectivity index (χ4v) is 4.36. The quantitative estimate of drug-likeness (QED) is 0.790. The number of aromatic nitrogens is 1. The summed E-state index contributed by atoms with van der Waals surface area (Å²) in [6.07, 6.45) is 3.53. The minimum absolute atomic E-state index is 0.211. The Morgan fingerprint density at radius 1 is 1.15 bits per heavy atom. The van der Waals surface area contributed by atoms with Crippen LogP contribution >= 0.6 is 0 Å². The molecule has 0 aliphatic carbocycles. The van der Waals surface area contributed by atoms with E-state index < -0.39 is 15.1 Å². The average molecular weight is 390 g/mol. The van der Waals surface area contributed by atoms with E-state index in [1.807, 2.05) is 18.2 Å². The van der Waals surface area contributed by atoms with Crippen molar-refractivity contribution in [2.24, 2.45) is 0 Å². The third-order valence-electron chi connectivity index (χ3n) is 4.84. The van der Waals surface area contributed by atoms with Gasteiger partial charge in [-0.2, -0.15) is 0 Å². The van der Waals surface area contributed by atoms with Gasteiger partial charge in [0.05, 0.1) is 17.9 Å². The molecule has 2 aromatic rings. The number of hydrogen-bond donors (Lipinski definition) is 0. The molecule has 27 heavy (non-hydrogen) atoms. The van der Waals surface area contributed by atoms with Crippen molar-refractivity contribution in [1.29, 1.82) is 0 Å². The van der Waals surface area contributed by atoms with Gasteiger partial charge in [0.1, 0.15) is 15.6 Å². The molecule has 1 amide bonds. The molecular weight excluding hydrogens is 368 g/mol. The molecule has 0 unspecified atom stereocenters.